The number of aromatic nitrogens is 1. The topological polar surface area (TPSA) is 58.4 Å². The molecule has 106 valence electrons. The van der Waals surface area contributed by atoms with E-state index in [1.54, 1.807) is 18.3 Å². The van der Waals surface area contributed by atoms with Gasteiger partial charge in [-0.05, 0) is 37.3 Å². The van der Waals surface area contributed by atoms with E-state index in [1.807, 2.05) is 6.92 Å². The first-order valence-corrected chi connectivity index (χ1v) is 7.52. The second-order valence-electron chi connectivity index (χ2n) is 5.08. The summed E-state index contributed by atoms with van der Waals surface area (Å²) in [5.74, 6) is 0.632. The molecular weight excluding hydrogens is 274 g/mol. The van der Waals surface area contributed by atoms with E-state index in [0.717, 1.165) is 25.2 Å². The molecular formula is C14H17N3O2S. The molecule has 5 nitrogen and oxygen atoms in total. The Morgan fingerprint density at radius 2 is 2.40 bits per heavy atom. The summed E-state index contributed by atoms with van der Waals surface area (Å²) >= 11 is 1.81. The molecule has 1 aliphatic heterocycles. The van der Waals surface area contributed by atoms with Gasteiger partial charge in [-0.1, -0.05) is 5.16 Å². The van der Waals surface area contributed by atoms with Crippen molar-refractivity contribution in [1.82, 2.24) is 10.1 Å². The average Bonchev–Trinajstić information content (AvgIpc) is 3.00. The highest BCUT2D eigenvalue weighted by Crippen LogP contribution is 2.24. The fraction of sp³-hybridized carbons (Fsp3) is 0.429. The van der Waals surface area contributed by atoms with Crippen LogP contribution < -0.4 is 5.32 Å². The zero-order valence-corrected chi connectivity index (χ0v) is 12.4. The Kier molecular flexibility index (Phi) is 3.58. The summed E-state index contributed by atoms with van der Waals surface area (Å²) in [6.07, 6.45) is 1.03. The number of nitrogens with zero attached hydrogens (tertiary/aromatic N) is 2. The number of hydrogen-bond acceptors (Lipinski definition) is 5. The van der Waals surface area contributed by atoms with Crippen molar-refractivity contribution in [3.8, 4) is 0 Å². The third kappa shape index (κ3) is 2.62. The molecule has 0 bridgehead atoms. The molecule has 1 aliphatic rings. The molecule has 3 rings (SSSR count). The quantitative estimate of drug-likeness (QED) is 0.943. The molecule has 1 N–H and O–H groups in total. The maximum absolute atomic E-state index is 12.1. The van der Waals surface area contributed by atoms with Gasteiger partial charge in [0.2, 0.25) is 5.91 Å². The van der Waals surface area contributed by atoms with Crippen molar-refractivity contribution < 1.29 is 9.32 Å². The SMILES string of the molecule is Cc1noc(C)c1NC(=O)CN1CCc2sccc2C1. The van der Waals surface area contributed by atoms with Crippen LogP contribution in [0.25, 0.3) is 0 Å². The Morgan fingerprint density at radius 3 is 3.15 bits per heavy atom. The van der Waals surface area contributed by atoms with Crippen LogP contribution in [0.5, 0.6) is 0 Å². The second-order valence-corrected chi connectivity index (χ2v) is 6.08. The van der Waals surface area contributed by atoms with E-state index in [2.05, 4.69) is 26.8 Å². The number of rotatable bonds is 3. The van der Waals surface area contributed by atoms with E-state index in [1.165, 1.54) is 10.4 Å². The number of hydrogen-bond donors (Lipinski definition) is 1. The van der Waals surface area contributed by atoms with Gasteiger partial charge < -0.3 is 9.84 Å². The van der Waals surface area contributed by atoms with Gasteiger partial charge in [0.25, 0.3) is 0 Å². The predicted molar refractivity (Wildman–Crippen MR) is 77.9 cm³/mol. The van der Waals surface area contributed by atoms with Crippen LogP contribution in [0.1, 0.15) is 21.9 Å². The Bertz CT molecular complexity index is 613. The number of carbonyl (C=O) groups excluding carboxylic acids is 1. The van der Waals surface area contributed by atoms with Crippen molar-refractivity contribution in [2.24, 2.45) is 0 Å². The largest absolute Gasteiger partial charge is 0.359 e. The molecule has 1 amide bonds. The lowest BCUT2D eigenvalue weighted by atomic mass is 10.1. The third-order valence-corrected chi connectivity index (χ3v) is 4.57. The Hall–Kier alpha value is -1.66. The van der Waals surface area contributed by atoms with Crippen LogP contribution in [0.2, 0.25) is 0 Å². The molecule has 3 heterocycles. The summed E-state index contributed by atoms with van der Waals surface area (Å²) in [7, 11) is 0. The summed E-state index contributed by atoms with van der Waals surface area (Å²) in [5.41, 5.74) is 2.77. The second kappa shape index (κ2) is 5.38. The lowest BCUT2D eigenvalue weighted by Gasteiger charge is -2.26. The van der Waals surface area contributed by atoms with Crippen molar-refractivity contribution in [1.29, 1.82) is 0 Å². The van der Waals surface area contributed by atoms with Crippen molar-refractivity contribution in [3.05, 3.63) is 33.3 Å². The maximum atomic E-state index is 12.1. The lowest BCUT2D eigenvalue weighted by Crippen LogP contribution is -2.36. The van der Waals surface area contributed by atoms with Crippen LogP contribution in [0.3, 0.4) is 0 Å². The summed E-state index contributed by atoms with van der Waals surface area (Å²) in [4.78, 5) is 15.7. The van der Waals surface area contributed by atoms with Gasteiger partial charge in [0, 0.05) is 18.0 Å². The Balaban J connectivity index is 1.60. The number of thiophene rings is 1. The van der Waals surface area contributed by atoms with Crippen molar-refractivity contribution in [2.75, 3.05) is 18.4 Å². The molecule has 2 aromatic heterocycles. The van der Waals surface area contributed by atoms with Gasteiger partial charge in [0.05, 0.1) is 6.54 Å². The molecule has 0 aliphatic carbocycles. The number of amides is 1. The highest BCUT2D eigenvalue weighted by molar-refractivity contribution is 7.10. The van der Waals surface area contributed by atoms with E-state index in [0.29, 0.717) is 18.0 Å². The van der Waals surface area contributed by atoms with Crippen LogP contribution in [-0.2, 0) is 17.8 Å². The highest BCUT2D eigenvalue weighted by atomic mass is 32.1. The first-order valence-electron chi connectivity index (χ1n) is 6.64. The van der Waals surface area contributed by atoms with E-state index < -0.39 is 0 Å². The molecule has 0 spiro atoms. The van der Waals surface area contributed by atoms with E-state index in [9.17, 15) is 4.79 Å². The number of nitrogens with one attached hydrogen (secondary N) is 1. The first kappa shape index (κ1) is 13.3. The van der Waals surface area contributed by atoms with Gasteiger partial charge in [0.15, 0.2) is 5.76 Å². The zero-order valence-electron chi connectivity index (χ0n) is 11.6. The van der Waals surface area contributed by atoms with E-state index in [-0.39, 0.29) is 5.91 Å². The van der Waals surface area contributed by atoms with Gasteiger partial charge in [-0.25, -0.2) is 0 Å². The Morgan fingerprint density at radius 1 is 1.55 bits per heavy atom. The molecule has 0 unspecified atom stereocenters. The molecule has 6 heteroatoms. The van der Waals surface area contributed by atoms with Crippen LogP contribution in [0, 0.1) is 13.8 Å². The number of aryl methyl sites for hydroxylation is 2. The molecule has 0 radical (unpaired) electrons. The minimum absolute atomic E-state index is 0.0157. The van der Waals surface area contributed by atoms with Crippen LogP contribution in [0.15, 0.2) is 16.0 Å². The van der Waals surface area contributed by atoms with Crippen LogP contribution in [0.4, 0.5) is 5.69 Å². The molecule has 0 fully saturated rings. The van der Waals surface area contributed by atoms with Gasteiger partial charge in [0.1, 0.15) is 11.4 Å². The van der Waals surface area contributed by atoms with Crippen molar-refractivity contribution in [3.63, 3.8) is 0 Å². The molecule has 0 saturated heterocycles. The predicted octanol–water partition coefficient (Wildman–Crippen LogP) is 2.35. The van der Waals surface area contributed by atoms with Gasteiger partial charge in [-0.15, -0.1) is 11.3 Å². The van der Waals surface area contributed by atoms with E-state index in [4.69, 9.17) is 4.52 Å². The van der Waals surface area contributed by atoms with Crippen molar-refractivity contribution in [2.45, 2.75) is 26.8 Å². The molecule has 20 heavy (non-hydrogen) atoms. The minimum atomic E-state index is -0.0157. The lowest BCUT2D eigenvalue weighted by molar-refractivity contribution is -0.117. The summed E-state index contributed by atoms with van der Waals surface area (Å²) in [6, 6.07) is 2.15. The molecule has 0 saturated carbocycles. The fourth-order valence-electron chi connectivity index (χ4n) is 2.49. The first-order chi connectivity index (χ1) is 9.63. The summed E-state index contributed by atoms with van der Waals surface area (Å²) in [5, 5.41) is 8.85. The van der Waals surface area contributed by atoms with Crippen LogP contribution >= 0.6 is 11.3 Å². The van der Waals surface area contributed by atoms with E-state index >= 15 is 0 Å². The number of fused-ring (bicyclic) bond motifs is 1. The molecule has 0 aromatic carbocycles. The maximum Gasteiger partial charge on any atom is 0.238 e. The zero-order chi connectivity index (χ0) is 14.1. The monoisotopic (exact) mass is 291 g/mol. The highest BCUT2D eigenvalue weighted by Gasteiger charge is 2.20. The van der Waals surface area contributed by atoms with Gasteiger partial charge >= 0.3 is 0 Å². The molecule has 0 atom stereocenters. The van der Waals surface area contributed by atoms with Gasteiger partial charge in [-0.3, -0.25) is 9.69 Å². The number of anilines is 1. The fourth-order valence-corrected chi connectivity index (χ4v) is 3.38. The summed E-state index contributed by atoms with van der Waals surface area (Å²) < 4.78 is 5.05. The normalized spacial score (nSPS) is 15.1. The number of carbonyl (C=O) groups is 1. The minimum Gasteiger partial charge on any atom is -0.359 e. The standard InChI is InChI=1S/C14H17N3O2S/c1-9-14(10(2)19-16-9)15-13(18)8-17-5-3-12-11(7-17)4-6-20-12/h4,6H,3,5,7-8H2,1-2H3,(H,15,18). The Labute approximate surface area is 121 Å². The average molecular weight is 291 g/mol. The summed E-state index contributed by atoms with van der Waals surface area (Å²) in [6.45, 7) is 5.81. The third-order valence-electron chi connectivity index (χ3n) is 3.55. The molecule has 2 aromatic rings. The van der Waals surface area contributed by atoms with Crippen molar-refractivity contribution >= 4 is 22.9 Å². The van der Waals surface area contributed by atoms with Gasteiger partial charge in [-0.2, -0.15) is 0 Å². The van der Waals surface area contributed by atoms with Crippen LogP contribution in [-0.4, -0.2) is 29.1 Å². The smallest absolute Gasteiger partial charge is 0.238 e.